The maximum atomic E-state index is 13.2. The molecule has 1 saturated heterocycles. The van der Waals surface area contributed by atoms with Crippen molar-refractivity contribution < 1.29 is 9.53 Å². The van der Waals surface area contributed by atoms with Gasteiger partial charge in [-0.3, -0.25) is 4.79 Å². The van der Waals surface area contributed by atoms with Crippen LogP contribution >= 0.6 is 0 Å². The van der Waals surface area contributed by atoms with Gasteiger partial charge in [0.25, 0.3) is 5.91 Å². The van der Waals surface area contributed by atoms with Gasteiger partial charge in [-0.2, -0.15) is 5.10 Å². The second-order valence-electron chi connectivity index (χ2n) is 6.59. The molecule has 0 spiro atoms. The Morgan fingerprint density at radius 1 is 1.26 bits per heavy atom. The highest BCUT2D eigenvalue weighted by molar-refractivity contribution is 6.07. The molecule has 0 N–H and O–H groups in total. The zero-order valence-corrected chi connectivity index (χ0v) is 13.7. The first-order valence-corrected chi connectivity index (χ1v) is 8.43. The molecule has 0 unspecified atom stereocenters. The third-order valence-electron chi connectivity index (χ3n) is 4.77. The number of ether oxygens (including phenoxy) is 1. The molecule has 2 aliphatic rings. The average Bonchev–Trinajstić information content (AvgIpc) is 3.19. The molecule has 1 aliphatic heterocycles. The highest BCUT2D eigenvalue weighted by atomic mass is 16.5. The van der Waals surface area contributed by atoms with Crippen molar-refractivity contribution in [3.63, 3.8) is 0 Å². The lowest BCUT2D eigenvalue weighted by molar-refractivity contribution is 0.0303. The SMILES string of the molecule is CC(C)n1ncc2c(C(=O)N3CCOCC3)c3c(nc21)CCC3. The Morgan fingerprint density at radius 2 is 2.04 bits per heavy atom. The summed E-state index contributed by atoms with van der Waals surface area (Å²) in [5.74, 6) is 0.113. The van der Waals surface area contributed by atoms with E-state index >= 15 is 0 Å². The number of aryl methyl sites for hydroxylation is 1. The molecule has 0 atom stereocenters. The molecule has 0 aromatic carbocycles. The number of hydrogen-bond acceptors (Lipinski definition) is 4. The summed E-state index contributed by atoms with van der Waals surface area (Å²) in [5.41, 5.74) is 3.89. The Kier molecular flexibility index (Phi) is 3.56. The first-order valence-electron chi connectivity index (χ1n) is 8.43. The minimum Gasteiger partial charge on any atom is -0.378 e. The van der Waals surface area contributed by atoms with Crippen molar-refractivity contribution in [1.29, 1.82) is 0 Å². The van der Waals surface area contributed by atoms with E-state index in [4.69, 9.17) is 9.72 Å². The molecule has 1 aliphatic carbocycles. The summed E-state index contributed by atoms with van der Waals surface area (Å²) in [6.07, 6.45) is 4.79. The molecule has 2 aromatic heterocycles. The van der Waals surface area contributed by atoms with Gasteiger partial charge in [-0.05, 0) is 38.7 Å². The minimum atomic E-state index is 0.113. The van der Waals surface area contributed by atoms with Crippen LogP contribution in [0.3, 0.4) is 0 Å². The number of rotatable bonds is 2. The normalized spacial score (nSPS) is 18.0. The number of carbonyl (C=O) groups excluding carboxylic acids is 1. The summed E-state index contributed by atoms with van der Waals surface area (Å²) in [6.45, 7) is 6.74. The predicted octanol–water partition coefficient (Wildman–Crippen LogP) is 1.97. The van der Waals surface area contributed by atoms with E-state index < -0.39 is 0 Å². The number of morpholine rings is 1. The third-order valence-corrected chi connectivity index (χ3v) is 4.77. The summed E-state index contributed by atoms with van der Waals surface area (Å²) < 4.78 is 7.30. The van der Waals surface area contributed by atoms with Crippen LogP contribution in [0.25, 0.3) is 11.0 Å². The lowest BCUT2D eigenvalue weighted by Gasteiger charge is -2.27. The Morgan fingerprint density at radius 3 is 2.78 bits per heavy atom. The molecule has 23 heavy (non-hydrogen) atoms. The second-order valence-corrected chi connectivity index (χ2v) is 6.59. The maximum Gasteiger partial charge on any atom is 0.255 e. The van der Waals surface area contributed by atoms with E-state index in [2.05, 4.69) is 18.9 Å². The monoisotopic (exact) mass is 314 g/mol. The molecule has 6 heteroatoms. The zero-order chi connectivity index (χ0) is 16.0. The fourth-order valence-corrected chi connectivity index (χ4v) is 3.60. The van der Waals surface area contributed by atoms with E-state index in [-0.39, 0.29) is 11.9 Å². The van der Waals surface area contributed by atoms with Gasteiger partial charge in [0, 0.05) is 24.8 Å². The average molecular weight is 314 g/mol. The minimum absolute atomic E-state index is 0.113. The van der Waals surface area contributed by atoms with Crippen LogP contribution < -0.4 is 0 Å². The summed E-state index contributed by atoms with van der Waals surface area (Å²) in [6, 6.07) is 0.228. The van der Waals surface area contributed by atoms with E-state index in [1.165, 1.54) is 0 Å². The zero-order valence-electron chi connectivity index (χ0n) is 13.7. The fourth-order valence-electron chi connectivity index (χ4n) is 3.60. The van der Waals surface area contributed by atoms with E-state index in [1.54, 1.807) is 0 Å². The number of hydrogen-bond donors (Lipinski definition) is 0. The van der Waals surface area contributed by atoms with Gasteiger partial charge in [0.2, 0.25) is 0 Å². The highest BCUT2D eigenvalue weighted by Gasteiger charge is 2.29. The van der Waals surface area contributed by atoms with Gasteiger partial charge >= 0.3 is 0 Å². The molecule has 3 heterocycles. The lowest BCUT2D eigenvalue weighted by Crippen LogP contribution is -2.41. The summed E-state index contributed by atoms with van der Waals surface area (Å²) in [5, 5.41) is 5.38. The first kappa shape index (κ1) is 14.6. The Bertz CT molecular complexity index is 760. The number of fused-ring (bicyclic) bond motifs is 2. The van der Waals surface area contributed by atoms with Gasteiger partial charge < -0.3 is 9.64 Å². The quantitative estimate of drug-likeness (QED) is 0.850. The van der Waals surface area contributed by atoms with Gasteiger partial charge in [-0.15, -0.1) is 0 Å². The van der Waals surface area contributed by atoms with Gasteiger partial charge in [0.05, 0.1) is 30.4 Å². The van der Waals surface area contributed by atoms with Crippen molar-refractivity contribution in [2.24, 2.45) is 0 Å². The highest BCUT2D eigenvalue weighted by Crippen LogP contribution is 2.31. The van der Waals surface area contributed by atoms with E-state index in [0.717, 1.165) is 47.1 Å². The topological polar surface area (TPSA) is 60.2 Å². The molecule has 0 radical (unpaired) electrons. The van der Waals surface area contributed by atoms with E-state index in [9.17, 15) is 4.79 Å². The number of nitrogens with zero attached hydrogens (tertiary/aromatic N) is 4. The molecule has 0 saturated carbocycles. The first-order chi connectivity index (χ1) is 11.2. The molecular weight excluding hydrogens is 292 g/mol. The number of carbonyl (C=O) groups is 1. The molecule has 0 bridgehead atoms. The number of amides is 1. The second kappa shape index (κ2) is 5.60. The summed E-state index contributed by atoms with van der Waals surface area (Å²) in [4.78, 5) is 19.9. The summed E-state index contributed by atoms with van der Waals surface area (Å²) in [7, 11) is 0. The predicted molar refractivity (Wildman–Crippen MR) is 86.7 cm³/mol. The van der Waals surface area contributed by atoms with Crippen LogP contribution in [0.4, 0.5) is 0 Å². The van der Waals surface area contributed by atoms with Crippen LogP contribution in [0.5, 0.6) is 0 Å². The smallest absolute Gasteiger partial charge is 0.255 e. The molecule has 1 amide bonds. The lowest BCUT2D eigenvalue weighted by atomic mass is 10.0. The number of aromatic nitrogens is 3. The summed E-state index contributed by atoms with van der Waals surface area (Å²) >= 11 is 0. The van der Waals surface area contributed by atoms with Crippen molar-refractivity contribution in [3.05, 3.63) is 23.0 Å². The van der Waals surface area contributed by atoms with Crippen molar-refractivity contribution in [3.8, 4) is 0 Å². The van der Waals surface area contributed by atoms with Crippen LogP contribution in [0.1, 0.15) is 47.9 Å². The molecule has 122 valence electrons. The number of pyridine rings is 1. The maximum absolute atomic E-state index is 13.2. The Balaban J connectivity index is 1.88. The standard InChI is InChI=1S/C17H22N4O2/c1-11(2)21-16-13(10-18-21)15(12-4-3-5-14(12)19-16)17(22)20-6-8-23-9-7-20/h10-11H,3-9H2,1-2H3. The van der Waals surface area contributed by atoms with Gasteiger partial charge in [0.15, 0.2) is 5.65 Å². The van der Waals surface area contributed by atoms with Gasteiger partial charge in [-0.1, -0.05) is 0 Å². The van der Waals surface area contributed by atoms with E-state index in [1.807, 2.05) is 15.8 Å². The van der Waals surface area contributed by atoms with Crippen LogP contribution in [-0.2, 0) is 17.6 Å². The van der Waals surface area contributed by atoms with Crippen LogP contribution in [0.2, 0.25) is 0 Å². The van der Waals surface area contributed by atoms with Crippen molar-refractivity contribution in [1.82, 2.24) is 19.7 Å². The molecule has 6 nitrogen and oxygen atoms in total. The third kappa shape index (κ3) is 2.32. The largest absolute Gasteiger partial charge is 0.378 e. The Hall–Kier alpha value is -1.95. The van der Waals surface area contributed by atoms with Crippen molar-refractivity contribution in [2.75, 3.05) is 26.3 Å². The molecule has 1 fully saturated rings. The van der Waals surface area contributed by atoms with Crippen LogP contribution in [0, 0.1) is 0 Å². The molecule has 4 rings (SSSR count). The van der Waals surface area contributed by atoms with Crippen LogP contribution in [0.15, 0.2) is 6.20 Å². The molecule has 2 aromatic rings. The van der Waals surface area contributed by atoms with Crippen molar-refractivity contribution in [2.45, 2.75) is 39.2 Å². The van der Waals surface area contributed by atoms with Gasteiger partial charge in [-0.25, -0.2) is 9.67 Å². The van der Waals surface area contributed by atoms with Crippen LogP contribution in [-0.4, -0.2) is 51.9 Å². The Labute approximate surface area is 135 Å². The van der Waals surface area contributed by atoms with E-state index in [0.29, 0.717) is 26.3 Å². The van der Waals surface area contributed by atoms with Crippen molar-refractivity contribution >= 4 is 16.9 Å². The fraction of sp³-hybridized carbons (Fsp3) is 0.588. The molecular formula is C17H22N4O2. The van der Waals surface area contributed by atoms with Gasteiger partial charge in [0.1, 0.15) is 0 Å².